The molecule has 9 aromatic rings. The van der Waals surface area contributed by atoms with E-state index < -0.39 is 0 Å². The first-order valence-electron chi connectivity index (χ1n) is 20.3. The van der Waals surface area contributed by atoms with Crippen molar-refractivity contribution in [3.8, 4) is 33.6 Å². The van der Waals surface area contributed by atoms with E-state index >= 15 is 0 Å². The average molecular weight is 725 g/mol. The lowest BCUT2D eigenvalue weighted by Crippen LogP contribution is -2.42. The van der Waals surface area contributed by atoms with E-state index in [1.165, 1.54) is 99.5 Å². The first kappa shape index (κ1) is 33.5. The van der Waals surface area contributed by atoms with Gasteiger partial charge in [-0.25, -0.2) is 0 Å². The van der Waals surface area contributed by atoms with Gasteiger partial charge in [0.1, 0.15) is 0 Å². The van der Waals surface area contributed by atoms with Crippen LogP contribution in [0.5, 0.6) is 0 Å². The molecule has 11 rings (SSSR count). The zero-order valence-corrected chi connectivity index (χ0v) is 33.8. The molecule has 0 radical (unpaired) electrons. The minimum absolute atomic E-state index is 0.0244. The minimum Gasteiger partial charge on any atom is -0.309 e. The summed E-state index contributed by atoms with van der Waals surface area (Å²) in [4.78, 5) is 0. The molecule has 0 N–H and O–H groups in total. The van der Waals surface area contributed by atoms with Gasteiger partial charge in [0.05, 0.1) is 22.1 Å². The summed E-state index contributed by atoms with van der Waals surface area (Å²) in [6, 6.07) is 54.9. The third-order valence-corrected chi connectivity index (χ3v) is 15.2. The smallest absolute Gasteiger partial charge is 0.0544 e. The zero-order valence-electron chi connectivity index (χ0n) is 33.8. The van der Waals surface area contributed by atoms with Crippen molar-refractivity contribution in [1.29, 1.82) is 0 Å². The number of benzene rings is 7. The molecule has 0 atom stereocenters. The first-order chi connectivity index (χ1) is 26.8. The van der Waals surface area contributed by atoms with E-state index in [1.54, 1.807) is 0 Å². The van der Waals surface area contributed by atoms with Crippen LogP contribution in [0.15, 0.2) is 146 Å². The molecule has 2 aliphatic rings. The van der Waals surface area contributed by atoms with Crippen LogP contribution in [0.25, 0.3) is 77.2 Å². The van der Waals surface area contributed by atoms with Crippen LogP contribution >= 0.6 is 0 Å². The molecule has 2 aliphatic carbocycles. The largest absolute Gasteiger partial charge is 0.309 e. The highest BCUT2D eigenvalue weighted by molar-refractivity contribution is 6.14. The van der Waals surface area contributed by atoms with E-state index in [9.17, 15) is 0 Å². The van der Waals surface area contributed by atoms with Gasteiger partial charge in [-0.2, -0.15) is 0 Å². The van der Waals surface area contributed by atoms with Gasteiger partial charge in [-0.1, -0.05) is 140 Å². The van der Waals surface area contributed by atoms with Crippen LogP contribution in [0, 0.1) is 5.41 Å². The van der Waals surface area contributed by atoms with Crippen molar-refractivity contribution in [2.24, 2.45) is 5.41 Å². The van der Waals surface area contributed by atoms with Gasteiger partial charge in [-0.3, -0.25) is 0 Å². The Morgan fingerprint density at radius 1 is 0.375 bits per heavy atom. The zero-order chi connectivity index (χ0) is 38.5. The minimum atomic E-state index is -0.0586. The summed E-state index contributed by atoms with van der Waals surface area (Å²) in [7, 11) is 0. The number of hydrogen-bond acceptors (Lipinski definition) is 0. The fourth-order valence-corrected chi connectivity index (χ4v) is 11.0. The fourth-order valence-electron chi connectivity index (χ4n) is 11.0. The van der Waals surface area contributed by atoms with Gasteiger partial charge < -0.3 is 9.13 Å². The number of nitrogens with zero attached hydrogens (tertiary/aromatic N) is 2. The summed E-state index contributed by atoms with van der Waals surface area (Å²) in [5, 5.41) is 5.27. The maximum absolute atomic E-state index is 2.48. The molecule has 2 nitrogen and oxygen atoms in total. The second-order valence-electron chi connectivity index (χ2n) is 18.6. The number of aromatic nitrogens is 2. The third-order valence-electron chi connectivity index (χ3n) is 15.2. The third kappa shape index (κ3) is 4.07. The Balaban J connectivity index is 1.13. The van der Waals surface area contributed by atoms with Crippen molar-refractivity contribution >= 4 is 43.6 Å². The van der Waals surface area contributed by atoms with E-state index in [0.29, 0.717) is 0 Å². The molecule has 7 aromatic carbocycles. The van der Waals surface area contributed by atoms with E-state index in [0.717, 1.165) is 0 Å². The number of rotatable bonds is 3. The first-order valence-corrected chi connectivity index (χ1v) is 20.3. The number of hydrogen-bond donors (Lipinski definition) is 0. The van der Waals surface area contributed by atoms with Gasteiger partial charge in [0, 0.05) is 38.3 Å². The Morgan fingerprint density at radius 2 is 0.964 bits per heavy atom. The Bertz CT molecular complexity index is 3120. The fraction of sp³-hybridized carbons (Fsp3) is 0.222. The van der Waals surface area contributed by atoms with Crippen molar-refractivity contribution < 1.29 is 0 Å². The monoisotopic (exact) mass is 724 g/mol. The highest BCUT2D eigenvalue weighted by Gasteiger charge is 2.57. The molecular weight excluding hydrogens is 677 g/mol. The van der Waals surface area contributed by atoms with Crippen LogP contribution in [-0.4, -0.2) is 9.13 Å². The predicted molar refractivity (Wildman–Crippen MR) is 238 cm³/mol. The van der Waals surface area contributed by atoms with Crippen LogP contribution in [0.1, 0.15) is 77.6 Å². The van der Waals surface area contributed by atoms with Crippen molar-refractivity contribution in [3.05, 3.63) is 168 Å². The van der Waals surface area contributed by atoms with Gasteiger partial charge in [0.25, 0.3) is 0 Å². The lowest BCUT2D eigenvalue weighted by molar-refractivity contribution is 0.125. The molecule has 274 valence electrons. The Hall–Kier alpha value is -5.86. The van der Waals surface area contributed by atoms with E-state index in [-0.39, 0.29) is 21.7 Å². The summed E-state index contributed by atoms with van der Waals surface area (Å²) in [6.45, 7) is 19.5. The Kier molecular flexibility index (Phi) is 6.53. The molecule has 0 saturated heterocycles. The molecule has 0 aliphatic heterocycles. The van der Waals surface area contributed by atoms with Crippen LogP contribution in [0.4, 0.5) is 0 Å². The van der Waals surface area contributed by atoms with Gasteiger partial charge in [-0.15, -0.1) is 0 Å². The van der Waals surface area contributed by atoms with Crippen LogP contribution < -0.4 is 0 Å². The summed E-state index contributed by atoms with van der Waals surface area (Å²) in [6.07, 6.45) is 0. The van der Waals surface area contributed by atoms with Crippen LogP contribution in [0.2, 0.25) is 0 Å². The van der Waals surface area contributed by atoms with E-state index in [2.05, 4.69) is 210 Å². The normalized spacial score (nSPS) is 17.1. The number of para-hydroxylation sites is 2. The van der Waals surface area contributed by atoms with Gasteiger partial charge in [0.15, 0.2) is 0 Å². The maximum atomic E-state index is 2.48. The van der Waals surface area contributed by atoms with Gasteiger partial charge in [0.2, 0.25) is 0 Å². The van der Waals surface area contributed by atoms with Crippen molar-refractivity contribution in [1.82, 2.24) is 9.13 Å². The highest BCUT2D eigenvalue weighted by atomic mass is 15.0. The average Bonchev–Trinajstić information content (AvgIpc) is 3.82. The Morgan fingerprint density at radius 3 is 1.73 bits per heavy atom. The second-order valence-corrected chi connectivity index (χ2v) is 18.6. The van der Waals surface area contributed by atoms with Crippen molar-refractivity contribution in [3.63, 3.8) is 0 Å². The molecule has 0 fully saturated rings. The molecule has 2 heteroatoms. The predicted octanol–water partition coefficient (Wildman–Crippen LogP) is 14.4. The molecule has 0 bridgehead atoms. The van der Waals surface area contributed by atoms with E-state index in [1.807, 2.05) is 0 Å². The molecule has 2 aromatic heterocycles. The molecule has 0 spiro atoms. The summed E-state index contributed by atoms with van der Waals surface area (Å²) in [5.41, 5.74) is 18.4. The molecule has 0 saturated carbocycles. The quantitative estimate of drug-likeness (QED) is 0.172. The van der Waals surface area contributed by atoms with Crippen LogP contribution in [0.3, 0.4) is 0 Å². The van der Waals surface area contributed by atoms with Gasteiger partial charge in [-0.05, 0) is 121 Å². The number of fused-ring (bicyclic) bond motifs is 11. The second kappa shape index (κ2) is 10.9. The maximum Gasteiger partial charge on any atom is 0.0544 e. The summed E-state index contributed by atoms with van der Waals surface area (Å²) < 4.78 is 4.95. The molecular formula is C54H48N2. The molecule has 2 heterocycles. The van der Waals surface area contributed by atoms with Crippen molar-refractivity contribution in [2.75, 3.05) is 0 Å². The van der Waals surface area contributed by atoms with Crippen molar-refractivity contribution in [2.45, 2.75) is 71.6 Å². The highest BCUT2D eigenvalue weighted by Crippen LogP contribution is 2.63. The summed E-state index contributed by atoms with van der Waals surface area (Å²) >= 11 is 0. The van der Waals surface area contributed by atoms with Gasteiger partial charge >= 0.3 is 0 Å². The standard InChI is InChI=1S/C54H48N2/c1-51(2)42-20-14-12-18-37(42)38-25-24-36(32-44(38)51)56-45-21-15-13-19-39(45)40-30-33(22-27-46(40)56)34-23-28-47-41(31-34)49-48(55(47)35-16-10-9-11-17-35)29-26-43-50(49)53(5,6)54(7,8)52(43,3)4/h9-32H,1-8H3. The SMILES string of the molecule is CC1(C)c2ccccc2-c2ccc(-n3c4ccccc4c4cc(-c5ccc6c(c5)c5c7c(ccc5n6-c5ccccc5)C(C)(C)C(C)(C)C7(C)C)ccc43)cc21. The van der Waals surface area contributed by atoms with Crippen LogP contribution in [-0.2, 0) is 16.2 Å². The molecule has 0 unspecified atom stereocenters. The Labute approximate surface area is 330 Å². The molecule has 0 amide bonds. The summed E-state index contributed by atoms with van der Waals surface area (Å²) in [5.74, 6) is 0. The topological polar surface area (TPSA) is 9.86 Å². The van der Waals surface area contributed by atoms with E-state index in [4.69, 9.17) is 0 Å². The molecule has 56 heavy (non-hydrogen) atoms. The lowest BCUT2D eigenvalue weighted by atomic mass is 9.59. The lowest BCUT2D eigenvalue weighted by Gasteiger charge is -2.44.